The molecular weight excluding hydrogens is 342 g/mol. The first-order chi connectivity index (χ1) is 13.1. The molecule has 7 heteroatoms. The number of para-hydroxylation sites is 1. The van der Waals surface area contributed by atoms with E-state index in [0.29, 0.717) is 23.8 Å². The van der Waals surface area contributed by atoms with E-state index in [1.54, 1.807) is 13.0 Å². The second kappa shape index (κ2) is 8.81. The van der Waals surface area contributed by atoms with Crippen LogP contribution in [0.2, 0.25) is 0 Å². The van der Waals surface area contributed by atoms with Crippen LogP contribution in [0.25, 0.3) is 0 Å². The normalized spacial score (nSPS) is 14.9. The highest BCUT2D eigenvalue weighted by Gasteiger charge is 2.18. The summed E-state index contributed by atoms with van der Waals surface area (Å²) in [6.45, 7) is 11.3. The number of hydrogen-bond donors (Lipinski definition) is 1. The molecule has 3 rings (SSSR count). The minimum atomic E-state index is -0.357. The van der Waals surface area contributed by atoms with Gasteiger partial charge in [0.05, 0.1) is 17.9 Å². The average Bonchev–Trinajstić information content (AvgIpc) is 2.68. The summed E-state index contributed by atoms with van der Waals surface area (Å²) in [6, 6.07) is 9.25. The van der Waals surface area contributed by atoms with Crippen LogP contribution in [0.3, 0.4) is 0 Å². The molecule has 27 heavy (non-hydrogen) atoms. The average molecular weight is 369 g/mol. The van der Waals surface area contributed by atoms with Gasteiger partial charge in [-0.15, -0.1) is 0 Å². The molecule has 0 spiro atoms. The molecule has 2 heterocycles. The van der Waals surface area contributed by atoms with Crippen molar-refractivity contribution in [3.05, 3.63) is 41.6 Å². The molecule has 7 nitrogen and oxygen atoms in total. The van der Waals surface area contributed by atoms with Gasteiger partial charge in [-0.05, 0) is 32.5 Å². The fourth-order valence-corrected chi connectivity index (χ4v) is 3.16. The van der Waals surface area contributed by atoms with E-state index in [2.05, 4.69) is 32.0 Å². The maximum Gasteiger partial charge on any atom is 0.340 e. The quantitative estimate of drug-likeness (QED) is 0.785. The number of aryl methyl sites for hydroxylation is 1. The smallest absolute Gasteiger partial charge is 0.340 e. The van der Waals surface area contributed by atoms with Crippen molar-refractivity contribution >= 4 is 23.4 Å². The number of piperazine rings is 1. The highest BCUT2D eigenvalue weighted by molar-refractivity contribution is 5.96. The van der Waals surface area contributed by atoms with Crippen molar-refractivity contribution in [3.63, 3.8) is 0 Å². The number of esters is 1. The molecule has 1 fully saturated rings. The lowest BCUT2D eigenvalue weighted by Crippen LogP contribution is -2.46. The lowest BCUT2D eigenvalue weighted by Gasteiger charge is -2.34. The fourth-order valence-electron chi connectivity index (χ4n) is 3.16. The molecule has 0 amide bonds. The summed E-state index contributed by atoms with van der Waals surface area (Å²) in [4.78, 5) is 26.1. The SMILES string of the molecule is CCOC(=O)c1ccccc1Nc1nc(C)cc(N2CCN(CC)CC2)n1. The van der Waals surface area contributed by atoms with E-state index in [-0.39, 0.29) is 5.97 Å². The molecular formula is C20H27N5O2. The van der Waals surface area contributed by atoms with Crippen LogP contribution in [0.15, 0.2) is 30.3 Å². The third kappa shape index (κ3) is 4.74. The van der Waals surface area contributed by atoms with Crippen molar-refractivity contribution in [1.29, 1.82) is 0 Å². The van der Waals surface area contributed by atoms with E-state index in [0.717, 1.165) is 44.2 Å². The second-order valence-corrected chi connectivity index (χ2v) is 6.50. The first-order valence-corrected chi connectivity index (χ1v) is 9.47. The van der Waals surface area contributed by atoms with Gasteiger partial charge in [-0.25, -0.2) is 9.78 Å². The van der Waals surface area contributed by atoms with Crippen LogP contribution in [-0.4, -0.2) is 60.2 Å². The molecule has 0 unspecified atom stereocenters. The Labute approximate surface area is 160 Å². The summed E-state index contributed by atoms with van der Waals surface area (Å²) in [5.74, 6) is 1.04. The number of ether oxygens (including phenoxy) is 1. The van der Waals surface area contributed by atoms with Crippen LogP contribution < -0.4 is 10.2 Å². The Kier molecular flexibility index (Phi) is 6.24. The number of nitrogens with zero attached hydrogens (tertiary/aromatic N) is 4. The van der Waals surface area contributed by atoms with Gasteiger partial charge >= 0.3 is 5.97 Å². The molecule has 1 aliphatic heterocycles. The van der Waals surface area contributed by atoms with Gasteiger partial charge in [0.1, 0.15) is 5.82 Å². The zero-order chi connectivity index (χ0) is 19.2. The molecule has 0 bridgehead atoms. The number of aromatic nitrogens is 2. The largest absolute Gasteiger partial charge is 0.462 e. The monoisotopic (exact) mass is 369 g/mol. The number of rotatable bonds is 6. The summed E-state index contributed by atoms with van der Waals surface area (Å²) < 4.78 is 5.14. The van der Waals surface area contributed by atoms with Crippen molar-refractivity contribution in [1.82, 2.24) is 14.9 Å². The molecule has 0 aliphatic carbocycles. The standard InChI is InChI=1S/C20H27N5O2/c1-4-24-10-12-25(13-11-24)18-14-15(3)21-20(23-18)22-17-9-7-6-8-16(17)19(26)27-5-2/h6-9,14H,4-5,10-13H2,1-3H3,(H,21,22,23). The van der Waals surface area contributed by atoms with Gasteiger partial charge in [0.2, 0.25) is 5.95 Å². The lowest BCUT2D eigenvalue weighted by molar-refractivity contribution is 0.0527. The second-order valence-electron chi connectivity index (χ2n) is 6.50. The molecule has 144 valence electrons. The van der Waals surface area contributed by atoms with Gasteiger partial charge in [-0.3, -0.25) is 0 Å². The zero-order valence-electron chi connectivity index (χ0n) is 16.2. The van der Waals surface area contributed by atoms with Gasteiger partial charge in [-0.2, -0.15) is 4.98 Å². The van der Waals surface area contributed by atoms with Crippen molar-refractivity contribution in [2.24, 2.45) is 0 Å². The number of anilines is 3. The molecule has 1 N–H and O–H groups in total. The summed E-state index contributed by atoms with van der Waals surface area (Å²) in [5.41, 5.74) is 2.00. The lowest BCUT2D eigenvalue weighted by atomic mass is 10.2. The maximum absolute atomic E-state index is 12.2. The first-order valence-electron chi connectivity index (χ1n) is 9.47. The van der Waals surface area contributed by atoms with Gasteiger partial charge in [0.25, 0.3) is 0 Å². The zero-order valence-corrected chi connectivity index (χ0v) is 16.2. The van der Waals surface area contributed by atoms with Gasteiger partial charge in [0, 0.05) is 37.9 Å². The highest BCUT2D eigenvalue weighted by atomic mass is 16.5. The topological polar surface area (TPSA) is 70.6 Å². The van der Waals surface area contributed by atoms with Crippen molar-refractivity contribution in [2.45, 2.75) is 20.8 Å². The number of carbonyl (C=O) groups excluding carboxylic acids is 1. The Morgan fingerprint density at radius 1 is 1.15 bits per heavy atom. The number of likely N-dealkylation sites (N-methyl/N-ethyl adjacent to an activating group) is 1. The van der Waals surface area contributed by atoms with Crippen LogP contribution >= 0.6 is 0 Å². The van der Waals surface area contributed by atoms with Crippen LogP contribution in [0.1, 0.15) is 29.9 Å². The highest BCUT2D eigenvalue weighted by Crippen LogP contribution is 2.22. The Hall–Kier alpha value is -2.67. The molecule has 2 aromatic rings. The molecule has 0 atom stereocenters. The van der Waals surface area contributed by atoms with Gasteiger partial charge in [-0.1, -0.05) is 19.1 Å². The molecule has 1 aliphatic rings. The van der Waals surface area contributed by atoms with E-state index in [9.17, 15) is 4.79 Å². The molecule has 0 radical (unpaired) electrons. The summed E-state index contributed by atoms with van der Waals surface area (Å²) in [6.07, 6.45) is 0. The number of carbonyl (C=O) groups is 1. The van der Waals surface area contributed by atoms with Gasteiger partial charge < -0.3 is 19.9 Å². The molecule has 1 aromatic heterocycles. The predicted molar refractivity (Wildman–Crippen MR) is 107 cm³/mol. The Bertz CT molecular complexity index is 788. The molecule has 1 aromatic carbocycles. The van der Waals surface area contributed by atoms with E-state index in [4.69, 9.17) is 4.74 Å². The molecule has 1 saturated heterocycles. The Balaban J connectivity index is 1.81. The minimum absolute atomic E-state index is 0.335. The van der Waals surface area contributed by atoms with Crippen LogP contribution in [0, 0.1) is 6.92 Å². The first kappa shape index (κ1) is 19.1. The van der Waals surface area contributed by atoms with Crippen LogP contribution in [-0.2, 0) is 4.74 Å². The van der Waals surface area contributed by atoms with E-state index < -0.39 is 0 Å². The number of benzene rings is 1. The third-order valence-electron chi connectivity index (χ3n) is 4.65. The molecule has 0 saturated carbocycles. The van der Waals surface area contributed by atoms with E-state index in [1.165, 1.54) is 0 Å². The number of hydrogen-bond acceptors (Lipinski definition) is 7. The number of nitrogens with one attached hydrogen (secondary N) is 1. The van der Waals surface area contributed by atoms with E-state index >= 15 is 0 Å². The third-order valence-corrected chi connectivity index (χ3v) is 4.65. The van der Waals surface area contributed by atoms with Crippen molar-refractivity contribution < 1.29 is 9.53 Å². The fraction of sp³-hybridized carbons (Fsp3) is 0.450. The summed E-state index contributed by atoms with van der Waals surface area (Å²) in [5, 5.41) is 3.19. The van der Waals surface area contributed by atoms with Crippen LogP contribution in [0.5, 0.6) is 0 Å². The predicted octanol–water partition coefficient (Wildman–Crippen LogP) is 2.85. The van der Waals surface area contributed by atoms with E-state index in [1.807, 2.05) is 31.2 Å². The maximum atomic E-state index is 12.2. The summed E-state index contributed by atoms with van der Waals surface area (Å²) in [7, 11) is 0. The minimum Gasteiger partial charge on any atom is -0.462 e. The Morgan fingerprint density at radius 3 is 2.59 bits per heavy atom. The Morgan fingerprint density at radius 2 is 1.89 bits per heavy atom. The van der Waals surface area contributed by atoms with Gasteiger partial charge in [0.15, 0.2) is 0 Å². The summed E-state index contributed by atoms with van der Waals surface area (Å²) >= 11 is 0. The van der Waals surface area contributed by atoms with Crippen molar-refractivity contribution in [3.8, 4) is 0 Å². The van der Waals surface area contributed by atoms with Crippen molar-refractivity contribution in [2.75, 3.05) is 49.5 Å². The van der Waals surface area contributed by atoms with Crippen LogP contribution in [0.4, 0.5) is 17.5 Å².